The molecule has 0 aliphatic heterocycles. The highest BCUT2D eigenvalue weighted by atomic mass is 32.1. The van der Waals surface area contributed by atoms with E-state index in [-0.39, 0.29) is 12.5 Å². The minimum absolute atomic E-state index is 0.0432. The summed E-state index contributed by atoms with van der Waals surface area (Å²) >= 11 is 5.14. The van der Waals surface area contributed by atoms with Gasteiger partial charge in [0, 0.05) is 6.54 Å². The van der Waals surface area contributed by atoms with Crippen molar-refractivity contribution in [1.82, 2.24) is 10.6 Å². The fourth-order valence-electron chi connectivity index (χ4n) is 2.65. The number of hydrogen-bond donors (Lipinski definition) is 2. The van der Waals surface area contributed by atoms with Gasteiger partial charge in [0.1, 0.15) is 5.75 Å². The Balaban J connectivity index is 1.62. The smallest absolute Gasteiger partial charge is 0.264 e. The van der Waals surface area contributed by atoms with Crippen molar-refractivity contribution >= 4 is 23.2 Å². The molecule has 24 heavy (non-hydrogen) atoms. The van der Waals surface area contributed by atoms with Crippen LogP contribution in [0.3, 0.4) is 0 Å². The zero-order valence-electron chi connectivity index (χ0n) is 14.3. The van der Waals surface area contributed by atoms with Crippen molar-refractivity contribution in [3.63, 3.8) is 0 Å². The molecule has 1 aromatic rings. The minimum Gasteiger partial charge on any atom is -0.484 e. The van der Waals surface area contributed by atoms with Gasteiger partial charge in [-0.05, 0) is 68.4 Å². The average molecular weight is 346 g/mol. The van der Waals surface area contributed by atoms with Gasteiger partial charge in [-0.2, -0.15) is 0 Å². The average Bonchev–Trinajstić information content (AvgIpc) is 2.61. The van der Waals surface area contributed by atoms with E-state index in [9.17, 15) is 4.79 Å². The molecule has 2 rings (SSSR count). The molecule has 0 unspecified atom stereocenters. The van der Waals surface area contributed by atoms with E-state index in [2.05, 4.69) is 23.6 Å². The number of nitrogens with one attached hydrogen (secondary N) is 2. The van der Waals surface area contributed by atoms with Gasteiger partial charge in [-0.1, -0.05) is 30.7 Å². The van der Waals surface area contributed by atoms with Gasteiger partial charge < -0.3 is 15.4 Å². The summed E-state index contributed by atoms with van der Waals surface area (Å²) in [5, 5.41) is 6.09. The van der Waals surface area contributed by atoms with Crippen LogP contribution >= 0.6 is 12.2 Å². The summed E-state index contributed by atoms with van der Waals surface area (Å²) in [6, 6.07) is 7.75. The van der Waals surface area contributed by atoms with E-state index in [0.717, 1.165) is 19.4 Å². The van der Waals surface area contributed by atoms with E-state index in [1.165, 1.54) is 36.8 Å². The topological polar surface area (TPSA) is 50.4 Å². The zero-order chi connectivity index (χ0) is 17.2. The third-order valence-electron chi connectivity index (χ3n) is 4.07. The van der Waals surface area contributed by atoms with Crippen LogP contribution in [0.2, 0.25) is 0 Å². The van der Waals surface area contributed by atoms with Crippen LogP contribution in [0, 0.1) is 0 Å². The van der Waals surface area contributed by atoms with Crippen molar-refractivity contribution in [2.45, 2.75) is 45.4 Å². The fraction of sp³-hybridized carbons (Fsp3) is 0.474. The Labute approximate surface area is 149 Å². The maximum atomic E-state index is 11.8. The van der Waals surface area contributed by atoms with Crippen LogP contribution in [0.25, 0.3) is 0 Å². The van der Waals surface area contributed by atoms with Crippen LogP contribution in [-0.4, -0.2) is 24.2 Å². The molecule has 0 atom stereocenters. The lowest BCUT2D eigenvalue weighted by Gasteiger charge is -2.14. The van der Waals surface area contributed by atoms with Crippen LogP contribution in [0.5, 0.6) is 5.75 Å². The summed E-state index contributed by atoms with van der Waals surface area (Å²) in [7, 11) is 0. The fourth-order valence-corrected chi connectivity index (χ4v) is 2.86. The molecule has 4 nitrogen and oxygen atoms in total. The molecule has 0 aromatic heterocycles. The monoisotopic (exact) mass is 346 g/mol. The summed E-state index contributed by atoms with van der Waals surface area (Å²) in [4.78, 5) is 11.8. The number of benzene rings is 1. The predicted molar refractivity (Wildman–Crippen MR) is 101 cm³/mol. The van der Waals surface area contributed by atoms with Crippen molar-refractivity contribution in [2.75, 3.05) is 13.2 Å². The molecule has 0 radical (unpaired) electrons. The van der Waals surface area contributed by atoms with E-state index >= 15 is 0 Å². The number of rotatable bonds is 7. The van der Waals surface area contributed by atoms with Crippen molar-refractivity contribution in [3.05, 3.63) is 41.5 Å². The molecule has 1 aromatic carbocycles. The summed E-state index contributed by atoms with van der Waals surface area (Å²) in [5.41, 5.74) is 2.73. The lowest BCUT2D eigenvalue weighted by molar-refractivity contribution is -0.121. The first-order valence-corrected chi connectivity index (χ1v) is 9.05. The van der Waals surface area contributed by atoms with Gasteiger partial charge in [-0.15, -0.1) is 0 Å². The normalized spacial score (nSPS) is 13.8. The number of aryl methyl sites for hydroxylation is 1. The van der Waals surface area contributed by atoms with Crippen LogP contribution in [0.1, 0.15) is 44.6 Å². The number of hydrogen-bond acceptors (Lipinski definition) is 3. The first-order valence-electron chi connectivity index (χ1n) is 8.64. The van der Waals surface area contributed by atoms with Crippen LogP contribution in [-0.2, 0) is 11.2 Å². The van der Waals surface area contributed by atoms with Gasteiger partial charge >= 0.3 is 0 Å². The predicted octanol–water partition coefficient (Wildman–Crippen LogP) is 3.51. The van der Waals surface area contributed by atoms with Crippen molar-refractivity contribution in [2.24, 2.45) is 0 Å². The second-order valence-electron chi connectivity index (χ2n) is 5.95. The maximum Gasteiger partial charge on any atom is 0.264 e. The summed E-state index contributed by atoms with van der Waals surface area (Å²) < 4.78 is 5.46. The summed E-state index contributed by atoms with van der Waals surface area (Å²) in [5.74, 6) is 0.439. The molecular formula is C19H26N2O2S. The van der Waals surface area contributed by atoms with Crippen LogP contribution in [0.15, 0.2) is 35.9 Å². The van der Waals surface area contributed by atoms with E-state index in [1.54, 1.807) is 0 Å². The highest BCUT2D eigenvalue weighted by Crippen LogP contribution is 2.19. The number of carbonyl (C=O) groups excluding carboxylic acids is 1. The molecule has 0 spiro atoms. The Morgan fingerprint density at radius 2 is 2.04 bits per heavy atom. The Hall–Kier alpha value is -1.88. The first kappa shape index (κ1) is 18.5. The van der Waals surface area contributed by atoms with Gasteiger partial charge in [0.15, 0.2) is 11.7 Å². The number of amides is 1. The van der Waals surface area contributed by atoms with E-state index in [1.807, 2.05) is 24.3 Å². The molecule has 0 heterocycles. The number of allylic oxidation sites excluding steroid dienone is 1. The zero-order valence-corrected chi connectivity index (χ0v) is 15.1. The van der Waals surface area contributed by atoms with Gasteiger partial charge in [-0.3, -0.25) is 4.79 Å². The van der Waals surface area contributed by atoms with E-state index in [4.69, 9.17) is 17.0 Å². The van der Waals surface area contributed by atoms with Crippen LogP contribution < -0.4 is 15.4 Å². The SMILES string of the molecule is CCc1ccc(OCC(=O)NC(=S)NCCC2=CCCCC2)cc1. The molecule has 130 valence electrons. The second-order valence-corrected chi connectivity index (χ2v) is 6.36. The molecule has 0 saturated carbocycles. The lowest BCUT2D eigenvalue weighted by atomic mass is 9.97. The molecule has 0 bridgehead atoms. The molecular weight excluding hydrogens is 320 g/mol. The molecule has 1 aliphatic rings. The Kier molecular flexibility index (Phi) is 7.75. The van der Waals surface area contributed by atoms with Gasteiger partial charge in [-0.25, -0.2) is 0 Å². The molecule has 1 aliphatic carbocycles. The van der Waals surface area contributed by atoms with Crippen molar-refractivity contribution in [1.29, 1.82) is 0 Å². The molecule has 5 heteroatoms. The van der Waals surface area contributed by atoms with Gasteiger partial charge in [0.05, 0.1) is 0 Å². The Bertz CT molecular complexity index is 582. The maximum absolute atomic E-state index is 11.8. The van der Waals surface area contributed by atoms with E-state index < -0.39 is 0 Å². The van der Waals surface area contributed by atoms with Crippen molar-refractivity contribution in [3.8, 4) is 5.75 Å². The summed E-state index contributed by atoms with van der Waals surface area (Å²) in [6.45, 7) is 2.81. The highest BCUT2D eigenvalue weighted by Gasteiger charge is 2.07. The number of ether oxygens (including phenoxy) is 1. The first-order chi connectivity index (χ1) is 11.7. The Morgan fingerprint density at radius 1 is 1.25 bits per heavy atom. The highest BCUT2D eigenvalue weighted by molar-refractivity contribution is 7.80. The molecule has 2 N–H and O–H groups in total. The van der Waals surface area contributed by atoms with Gasteiger partial charge in [0.25, 0.3) is 5.91 Å². The van der Waals surface area contributed by atoms with Crippen molar-refractivity contribution < 1.29 is 9.53 Å². The summed E-state index contributed by atoms with van der Waals surface area (Å²) in [6.07, 6.45) is 9.24. The molecule has 0 saturated heterocycles. The molecule has 0 fully saturated rings. The third-order valence-corrected chi connectivity index (χ3v) is 4.32. The largest absolute Gasteiger partial charge is 0.484 e. The second kappa shape index (κ2) is 10.1. The van der Waals surface area contributed by atoms with Crippen LogP contribution in [0.4, 0.5) is 0 Å². The quantitative estimate of drug-likeness (QED) is 0.586. The number of thiocarbonyl (C=S) groups is 1. The minimum atomic E-state index is -0.246. The Morgan fingerprint density at radius 3 is 2.71 bits per heavy atom. The third kappa shape index (κ3) is 6.71. The van der Waals surface area contributed by atoms with Gasteiger partial charge in [0.2, 0.25) is 0 Å². The standard InChI is InChI=1S/C19H26N2O2S/c1-2-15-8-10-17(11-9-15)23-14-18(22)21-19(24)20-13-12-16-6-4-3-5-7-16/h6,8-11H,2-5,7,12-14H2,1H3,(H2,20,21,22,24). The molecule has 1 amide bonds. The van der Waals surface area contributed by atoms with E-state index in [0.29, 0.717) is 10.9 Å². The lowest BCUT2D eigenvalue weighted by Crippen LogP contribution is -2.41. The number of carbonyl (C=O) groups is 1.